The van der Waals surface area contributed by atoms with Crippen molar-refractivity contribution in [3.05, 3.63) is 24.3 Å². The molecule has 0 aromatic carbocycles. The average molecular weight is 717 g/mol. The molecule has 9 heteroatoms. The Morgan fingerprint density at radius 2 is 1.12 bits per heavy atom. The van der Waals surface area contributed by atoms with Gasteiger partial charge in [-0.1, -0.05) is 141 Å². The van der Waals surface area contributed by atoms with Crippen LogP contribution >= 0.6 is 7.82 Å². The number of unbranched alkanes of at least 4 members (excludes halogenated alkanes) is 19. The van der Waals surface area contributed by atoms with Crippen molar-refractivity contribution >= 4 is 13.8 Å². The molecule has 49 heavy (non-hydrogen) atoms. The summed E-state index contributed by atoms with van der Waals surface area (Å²) in [6.07, 6.45) is 36.5. The number of hydrogen-bond acceptors (Lipinski definition) is 6. The molecule has 8 nitrogen and oxygen atoms in total. The fraction of sp³-hybridized carbons (Fsp3) is 0.875. The van der Waals surface area contributed by atoms with E-state index in [-0.39, 0.29) is 25.8 Å². The van der Waals surface area contributed by atoms with E-state index in [1.807, 2.05) is 21.1 Å². The predicted octanol–water partition coefficient (Wildman–Crippen LogP) is 11.3. The van der Waals surface area contributed by atoms with Crippen LogP contribution in [-0.2, 0) is 27.9 Å². The lowest BCUT2D eigenvalue weighted by molar-refractivity contribution is -0.870. The van der Waals surface area contributed by atoms with Gasteiger partial charge in [0, 0.05) is 13.0 Å². The highest BCUT2D eigenvalue weighted by Gasteiger charge is 2.26. The Bertz CT molecular complexity index is 843. The SMILES string of the molecule is CCCCC/C=C\C/C=C\CCCCCCCCCCCCOCC(COP(=O)(O)OCC[N+](C)(C)C)OC(=O)CCCCCCCCC. The molecule has 0 bridgehead atoms. The molecule has 0 fully saturated rings. The molecule has 0 heterocycles. The van der Waals surface area contributed by atoms with Crippen LogP contribution in [0, 0.1) is 0 Å². The number of allylic oxidation sites excluding steroid dienone is 4. The number of phosphoric acid groups is 1. The van der Waals surface area contributed by atoms with Gasteiger partial charge in [-0.2, -0.15) is 0 Å². The smallest absolute Gasteiger partial charge is 0.457 e. The quantitative estimate of drug-likeness (QED) is 0.0225. The summed E-state index contributed by atoms with van der Waals surface area (Å²) in [7, 11) is 1.67. The number of nitrogens with zero attached hydrogens (tertiary/aromatic N) is 1. The topological polar surface area (TPSA) is 91.3 Å². The normalized spacial score (nSPS) is 14.2. The molecular weight excluding hydrogens is 637 g/mol. The summed E-state index contributed by atoms with van der Waals surface area (Å²) in [6, 6.07) is 0. The first-order valence-corrected chi connectivity index (χ1v) is 21.6. The maximum absolute atomic E-state index is 12.5. The highest BCUT2D eigenvalue weighted by atomic mass is 31.2. The van der Waals surface area contributed by atoms with E-state index in [1.54, 1.807) is 0 Å². The Morgan fingerprint density at radius 3 is 1.69 bits per heavy atom. The van der Waals surface area contributed by atoms with Crippen molar-refractivity contribution in [2.45, 2.75) is 174 Å². The van der Waals surface area contributed by atoms with Gasteiger partial charge in [0.1, 0.15) is 19.3 Å². The van der Waals surface area contributed by atoms with Gasteiger partial charge < -0.3 is 18.9 Å². The fourth-order valence-electron chi connectivity index (χ4n) is 5.35. The molecule has 0 aromatic heterocycles. The van der Waals surface area contributed by atoms with E-state index in [0.29, 0.717) is 24.1 Å². The molecule has 0 radical (unpaired) electrons. The van der Waals surface area contributed by atoms with Gasteiger partial charge in [0.2, 0.25) is 0 Å². The lowest BCUT2D eigenvalue weighted by Crippen LogP contribution is -2.37. The first-order valence-electron chi connectivity index (χ1n) is 20.1. The highest BCUT2D eigenvalue weighted by Crippen LogP contribution is 2.43. The lowest BCUT2D eigenvalue weighted by Gasteiger charge is -2.24. The number of rotatable bonds is 37. The second kappa shape index (κ2) is 34.1. The number of quaternary nitrogens is 1. The number of carbonyl (C=O) groups excluding carboxylic acids is 1. The molecule has 2 unspecified atom stereocenters. The van der Waals surface area contributed by atoms with Crippen molar-refractivity contribution in [1.82, 2.24) is 0 Å². The predicted molar refractivity (Wildman–Crippen MR) is 206 cm³/mol. The molecule has 0 aromatic rings. The zero-order valence-corrected chi connectivity index (χ0v) is 33.6. The Morgan fingerprint density at radius 1 is 0.633 bits per heavy atom. The monoisotopic (exact) mass is 717 g/mol. The van der Waals surface area contributed by atoms with Crippen LogP contribution in [0.25, 0.3) is 0 Å². The molecule has 0 rings (SSSR count). The third-order valence-electron chi connectivity index (χ3n) is 8.52. The van der Waals surface area contributed by atoms with E-state index < -0.39 is 13.9 Å². The maximum atomic E-state index is 12.5. The highest BCUT2D eigenvalue weighted by molar-refractivity contribution is 7.47. The molecule has 1 N–H and O–H groups in total. The first-order chi connectivity index (χ1) is 23.6. The summed E-state index contributed by atoms with van der Waals surface area (Å²) in [5.74, 6) is -0.321. The number of hydrogen-bond donors (Lipinski definition) is 1. The third kappa shape index (κ3) is 38.1. The van der Waals surface area contributed by atoms with E-state index >= 15 is 0 Å². The Hall–Kier alpha value is -1.02. The Balaban J connectivity index is 4.10. The van der Waals surface area contributed by atoms with Crippen LogP contribution in [0.3, 0.4) is 0 Å². The number of phosphoric ester groups is 1. The molecule has 0 saturated heterocycles. The average Bonchev–Trinajstić information content (AvgIpc) is 3.04. The Kier molecular flexibility index (Phi) is 33.4. The van der Waals surface area contributed by atoms with Crippen molar-refractivity contribution < 1.29 is 37.3 Å². The fourth-order valence-corrected chi connectivity index (χ4v) is 6.09. The van der Waals surface area contributed by atoms with Crippen LogP contribution in [0.4, 0.5) is 0 Å². The van der Waals surface area contributed by atoms with E-state index in [9.17, 15) is 14.3 Å². The molecule has 0 aliphatic heterocycles. The van der Waals surface area contributed by atoms with Gasteiger partial charge in [-0.15, -0.1) is 0 Å². The molecule has 0 saturated carbocycles. The summed E-state index contributed by atoms with van der Waals surface area (Å²) in [4.78, 5) is 22.6. The Labute approximate surface area is 303 Å². The number of ether oxygens (including phenoxy) is 2. The van der Waals surface area contributed by atoms with Crippen LogP contribution in [-0.4, -0.2) is 75.6 Å². The van der Waals surface area contributed by atoms with Crippen LogP contribution in [0.2, 0.25) is 0 Å². The molecule has 0 spiro atoms. The summed E-state index contributed by atoms with van der Waals surface area (Å²) >= 11 is 0. The zero-order valence-electron chi connectivity index (χ0n) is 32.7. The first kappa shape index (κ1) is 48.0. The second-order valence-electron chi connectivity index (χ2n) is 14.7. The van der Waals surface area contributed by atoms with Crippen molar-refractivity contribution in [3.8, 4) is 0 Å². The standard InChI is InChI=1S/C40H78NO7P/c1-6-8-10-12-14-15-16-17-18-19-20-21-22-23-24-25-26-28-30-32-35-45-37-39(38-47-49(43,44)46-36-34-41(3,4)5)48-40(42)33-31-29-27-13-11-9-7-2/h14-15,17-18,39H,6-13,16,19-38H2,1-5H3/p+1/b15-14-,18-17-. The molecule has 0 aliphatic carbocycles. The summed E-state index contributed by atoms with van der Waals surface area (Å²) in [5, 5.41) is 0. The van der Waals surface area contributed by atoms with Crippen molar-refractivity contribution in [2.24, 2.45) is 0 Å². The molecular formula is C40H79NO7P+. The van der Waals surface area contributed by atoms with Crippen molar-refractivity contribution in [1.29, 1.82) is 0 Å². The van der Waals surface area contributed by atoms with Gasteiger partial charge in [-0.3, -0.25) is 13.8 Å². The zero-order chi connectivity index (χ0) is 36.3. The van der Waals surface area contributed by atoms with Gasteiger partial charge in [0.15, 0.2) is 0 Å². The van der Waals surface area contributed by atoms with Gasteiger partial charge in [0.25, 0.3) is 0 Å². The van der Waals surface area contributed by atoms with Gasteiger partial charge >= 0.3 is 13.8 Å². The van der Waals surface area contributed by atoms with Crippen LogP contribution in [0.5, 0.6) is 0 Å². The van der Waals surface area contributed by atoms with Crippen molar-refractivity contribution in [3.63, 3.8) is 0 Å². The largest absolute Gasteiger partial charge is 0.472 e. The summed E-state index contributed by atoms with van der Waals surface area (Å²) in [6.45, 7) is 5.55. The second-order valence-corrected chi connectivity index (χ2v) is 16.1. The molecule has 2 atom stereocenters. The van der Waals surface area contributed by atoms with Crippen LogP contribution < -0.4 is 0 Å². The van der Waals surface area contributed by atoms with Gasteiger partial charge in [-0.05, 0) is 44.9 Å². The molecule has 290 valence electrons. The lowest BCUT2D eigenvalue weighted by atomic mass is 10.1. The third-order valence-corrected chi connectivity index (χ3v) is 9.50. The summed E-state index contributed by atoms with van der Waals surface area (Å²) in [5.41, 5.74) is 0. The number of likely N-dealkylation sites (N-methyl/N-ethyl adjacent to an activating group) is 1. The van der Waals surface area contributed by atoms with E-state index in [1.165, 1.54) is 109 Å². The van der Waals surface area contributed by atoms with Crippen molar-refractivity contribution in [2.75, 3.05) is 54.1 Å². The van der Waals surface area contributed by atoms with Crippen LogP contribution in [0.1, 0.15) is 168 Å². The number of carbonyl (C=O) groups is 1. The maximum Gasteiger partial charge on any atom is 0.472 e. The molecule has 0 amide bonds. The van der Waals surface area contributed by atoms with Gasteiger partial charge in [-0.25, -0.2) is 4.57 Å². The van der Waals surface area contributed by atoms with E-state index in [2.05, 4.69) is 38.2 Å². The van der Waals surface area contributed by atoms with Crippen LogP contribution in [0.15, 0.2) is 24.3 Å². The number of esters is 1. The molecule has 0 aliphatic rings. The minimum atomic E-state index is -4.26. The minimum absolute atomic E-state index is 0.0893. The minimum Gasteiger partial charge on any atom is -0.457 e. The summed E-state index contributed by atoms with van der Waals surface area (Å²) < 4.78 is 34.8. The van der Waals surface area contributed by atoms with E-state index in [4.69, 9.17) is 18.5 Å². The van der Waals surface area contributed by atoms with E-state index in [0.717, 1.165) is 38.5 Å². The van der Waals surface area contributed by atoms with Gasteiger partial charge in [0.05, 0.1) is 34.4 Å².